The lowest BCUT2D eigenvalue weighted by Crippen LogP contribution is -2.54. The number of piperazine rings is 1. The number of hydrogen-bond donors (Lipinski definition) is 1. The van der Waals surface area contributed by atoms with Gasteiger partial charge in [-0.1, -0.05) is 6.07 Å². The van der Waals surface area contributed by atoms with Crippen molar-refractivity contribution >= 4 is 22.9 Å². The molecule has 2 saturated heterocycles. The molecule has 1 aromatic carbocycles. The van der Waals surface area contributed by atoms with E-state index in [2.05, 4.69) is 32.6 Å². The predicted molar refractivity (Wildman–Crippen MR) is 122 cm³/mol. The molecule has 0 saturated carbocycles. The number of anilines is 1. The minimum absolute atomic E-state index is 0.144. The van der Waals surface area contributed by atoms with Crippen LogP contribution in [0.4, 0.5) is 10.1 Å². The lowest BCUT2D eigenvalue weighted by Gasteiger charge is -2.38. The molecule has 2 aliphatic rings. The largest absolute Gasteiger partial charge is 0.379 e. The lowest BCUT2D eigenvalue weighted by atomic mass is 10.1. The van der Waals surface area contributed by atoms with Gasteiger partial charge in [0.1, 0.15) is 5.82 Å². The normalized spacial score (nSPS) is 19.9. The second kappa shape index (κ2) is 10.5. The van der Waals surface area contributed by atoms with E-state index in [1.807, 2.05) is 11.8 Å². The van der Waals surface area contributed by atoms with Crippen LogP contribution < -0.4 is 10.2 Å². The van der Waals surface area contributed by atoms with Crippen molar-refractivity contribution in [1.29, 1.82) is 0 Å². The molecule has 2 atom stereocenters. The Balaban J connectivity index is 1.29. The third-order valence-corrected chi connectivity index (χ3v) is 7.10. The van der Waals surface area contributed by atoms with Gasteiger partial charge < -0.3 is 19.9 Å². The average Bonchev–Trinajstić information content (AvgIpc) is 3.34. The van der Waals surface area contributed by atoms with Crippen molar-refractivity contribution < 1.29 is 13.9 Å². The lowest BCUT2D eigenvalue weighted by molar-refractivity contribution is -0.133. The summed E-state index contributed by atoms with van der Waals surface area (Å²) >= 11 is 1.76. The van der Waals surface area contributed by atoms with Gasteiger partial charge in [-0.3, -0.25) is 9.69 Å². The number of ether oxygens (including phenoxy) is 1. The monoisotopic (exact) mass is 446 g/mol. The Hall–Kier alpha value is -2.00. The number of morpholine rings is 1. The molecule has 0 aliphatic carbocycles. The van der Waals surface area contributed by atoms with Gasteiger partial charge in [-0.2, -0.15) is 0 Å². The molecule has 168 valence electrons. The first kappa shape index (κ1) is 22.2. The van der Waals surface area contributed by atoms with Crippen molar-refractivity contribution in [2.45, 2.75) is 19.0 Å². The highest BCUT2D eigenvalue weighted by molar-refractivity contribution is 7.10. The van der Waals surface area contributed by atoms with Crippen LogP contribution in [-0.2, 0) is 9.53 Å². The molecule has 4 rings (SSSR count). The molecule has 6 nitrogen and oxygen atoms in total. The summed E-state index contributed by atoms with van der Waals surface area (Å²) in [5.41, 5.74) is 1.00. The van der Waals surface area contributed by atoms with E-state index in [1.165, 1.54) is 17.0 Å². The van der Waals surface area contributed by atoms with Crippen molar-refractivity contribution in [3.05, 3.63) is 52.5 Å². The minimum atomic E-state index is -0.235. The van der Waals surface area contributed by atoms with Crippen LogP contribution in [0.1, 0.15) is 17.8 Å². The Morgan fingerprint density at radius 1 is 1.10 bits per heavy atom. The Bertz CT molecular complexity index is 819. The fraction of sp³-hybridized carbons (Fsp3) is 0.522. The van der Waals surface area contributed by atoms with Gasteiger partial charge in [0.15, 0.2) is 0 Å². The van der Waals surface area contributed by atoms with Crippen molar-refractivity contribution in [2.75, 3.05) is 63.9 Å². The number of halogens is 1. The predicted octanol–water partition coefficient (Wildman–Crippen LogP) is 2.59. The zero-order valence-corrected chi connectivity index (χ0v) is 18.8. The number of carbonyl (C=O) groups is 1. The molecule has 1 N–H and O–H groups in total. The second-order valence-corrected chi connectivity index (χ2v) is 9.08. The van der Waals surface area contributed by atoms with E-state index in [4.69, 9.17) is 4.74 Å². The summed E-state index contributed by atoms with van der Waals surface area (Å²) in [5, 5.41) is 5.60. The van der Waals surface area contributed by atoms with E-state index in [0.29, 0.717) is 13.1 Å². The van der Waals surface area contributed by atoms with Crippen LogP contribution in [0.3, 0.4) is 0 Å². The number of carbonyl (C=O) groups excluding carboxylic acids is 1. The number of thiophene rings is 1. The van der Waals surface area contributed by atoms with Crippen LogP contribution in [0.15, 0.2) is 41.8 Å². The first-order valence-corrected chi connectivity index (χ1v) is 11.9. The smallest absolute Gasteiger partial charge is 0.239 e. The van der Waals surface area contributed by atoms with E-state index >= 15 is 0 Å². The summed E-state index contributed by atoms with van der Waals surface area (Å²) in [5.74, 6) is -0.0824. The number of nitrogens with one attached hydrogen (secondary N) is 1. The highest BCUT2D eigenvalue weighted by Gasteiger charge is 2.28. The number of amides is 1. The fourth-order valence-electron chi connectivity index (χ4n) is 4.27. The molecule has 2 aliphatic heterocycles. The number of nitrogens with zero attached hydrogens (tertiary/aromatic N) is 3. The molecule has 3 heterocycles. The Morgan fingerprint density at radius 3 is 2.45 bits per heavy atom. The van der Waals surface area contributed by atoms with Crippen LogP contribution in [-0.4, -0.2) is 80.8 Å². The van der Waals surface area contributed by atoms with Gasteiger partial charge >= 0.3 is 0 Å². The van der Waals surface area contributed by atoms with Gasteiger partial charge in [0.05, 0.1) is 25.3 Å². The highest BCUT2D eigenvalue weighted by Crippen LogP contribution is 2.25. The van der Waals surface area contributed by atoms with Crippen LogP contribution in [0.5, 0.6) is 0 Å². The molecule has 2 aromatic rings. The summed E-state index contributed by atoms with van der Waals surface area (Å²) in [6, 6.07) is 10.8. The number of hydrogen-bond acceptors (Lipinski definition) is 6. The van der Waals surface area contributed by atoms with Crippen LogP contribution >= 0.6 is 11.3 Å². The topological polar surface area (TPSA) is 48.1 Å². The van der Waals surface area contributed by atoms with E-state index < -0.39 is 0 Å². The molecule has 2 fully saturated rings. The van der Waals surface area contributed by atoms with Gasteiger partial charge in [-0.25, -0.2) is 4.39 Å². The third-order valence-electron chi connectivity index (χ3n) is 6.13. The summed E-state index contributed by atoms with van der Waals surface area (Å²) in [7, 11) is 0. The zero-order valence-electron chi connectivity index (χ0n) is 18.0. The molecule has 1 amide bonds. The fourth-order valence-corrected chi connectivity index (χ4v) is 5.13. The third kappa shape index (κ3) is 5.63. The van der Waals surface area contributed by atoms with E-state index in [9.17, 15) is 9.18 Å². The number of benzene rings is 1. The summed E-state index contributed by atoms with van der Waals surface area (Å²) in [4.78, 5) is 20.9. The standard InChI is InChI=1S/C23H31FN4O2S/c1-18(25-17-21(22-3-2-16-31-22)27-12-14-30-15-13-27)23(29)28-10-8-26(9-11-28)20-6-4-19(24)5-7-20/h2-7,16,18,21,25H,8-15,17H2,1H3. The van der Waals surface area contributed by atoms with Crippen molar-refractivity contribution in [3.8, 4) is 0 Å². The molecule has 0 bridgehead atoms. The summed E-state index contributed by atoms with van der Waals surface area (Å²) < 4.78 is 18.7. The molecule has 8 heteroatoms. The van der Waals surface area contributed by atoms with Crippen LogP contribution in [0.2, 0.25) is 0 Å². The zero-order chi connectivity index (χ0) is 21.6. The van der Waals surface area contributed by atoms with Gasteiger partial charge in [0, 0.05) is 56.4 Å². The van der Waals surface area contributed by atoms with Gasteiger partial charge in [-0.05, 0) is 42.6 Å². The Labute approximate surface area is 187 Å². The maximum absolute atomic E-state index is 13.2. The molecular weight excluding hydrogens is 415 g/mol. The van der Waals surface area contributed by atoms with Gasteiger partial charge in [-0.15, -0.1) is 11.3 Å². The molecule has 0 radical (unpaired) electrons. The molecular formula is C23H31FN4O2S. The van der Waals surface area contributed by atoms with E-state index in [0.717, 1.165) is 51.6 Å². The highest BCUT2D eigenvalue weighted by atomic mass is 32.1. The first-order chi connectivity index (χ1) is 15.1. The summed E-state index contributed by atoms with van der Waals surface area (Å²) in [6.07, 6.45) is 0. The Kier molecular flexibility index (Phi) is 7.55. The SMILES string of the molecule is CC(NCC(c1cccs1)N1CCOCC1)C(=O)N1CCN(c2ccc(F)cc2)CC1. The van der Waals surface area contributed by atoms with E-state index in [-0.39, 0.29) is 23.8 Å². The quantitative estimate of drug-likeness (QED) is 0.709. The maximum Gasteiger partial charge on any atom is 0.239 e. The molecule has 2 unspecified atom stereocenters. The van der Waals surface area contributed by atoms with Crippen molar-refractivity contribution in [1.82, 2.24) is 15.1 Å². The number of rotatable bonds is 7. The van der Waals surface area contributed by atoms with Gasteiger partial charge in [0.2, 0.25) is 5.91 Å². The summed E-state index contributed by atoms with van der Waals surface area (Å²) in [6.45, 7) is 8.92. The molecule has 31 heavy (non-hydrogen) atoms. The first-order valence-electron chi connectivity index (χ1n) is 11.0. The Morgan fingerprint density at radius 2 is 1.81 bits per heavy atom. The van der Waals surface area contributed by atoms with E-state index in [1.54, 1.807) is 23.5 Å². The second-order valence-electron chi connectivity index (χ2n) is 8.10. The van der Waals surface area contributed by atoms with Crippen LogP contribution in [0, 0.1) is 5.82 Å². The molecule has 1 aromatic heterocycles. The van der Waals surface area contributed by atoms with Crippen molar-refractivity contribution in [2.24, 2.45) is 0 Å². The average molecular weight is 447 g/mol. The van der Waals surface area contributed by atoms with Gasteiger partial charge in [0.25, 0.3) is 0 Å². The minimum Gasteiger partial charge on any atom is -0.379 e. The maximum atomic E-state index is 13.2. The van der Waals surface area contributed by atoms with Crippen molar-refractivity contribution in [3.63, 3.8) is 0 Å². The molecule has 0 spiro atoms. The van der Waals surface area contributed by atoms with Crippen LogP contribution in [0.25, 0.3) is 0 Å².